The van der Waals surface area contributed by atoms with Gasteiger partial charge in [0.2, 0.25) is 0 Å². The normalized spacial score (nSPS) is 13.0. The molecular weight excluding hydrogens is 281 g/mol. The molecule has 112 valence electrons. The molecule has 2 aromatic carbocycles. The van der Waals surface area contributed by atoms with E-state index in [0.717, 1.165) is 17.7 Å². The van der Waals surface area contributed by atoms with Crippen LogP contribution in [0.4, 0.5) is 13.2 Å². The maximum Gasteiger partial charge on any atom is 0.416 e. The highest BCUT2D eigenvalue weighted by Gasteiger charge is 2.31. The highest BCUT2D eigenvalue weighted by atomic mass is 19.4. The minimum atomic E-state index is -4.44. The zero-order valence-corrected chi connectivity index (χ0v) is 11.6. The van der Waals surface area contributed by atoms with E-state index in [1.54, 1.807) is 18.2 Å². The lowest BCUT2D eigenvalue weighted by Gasteiger charge is -2.17. The minimum Gasteiger partial charge on any atom is -0.496 e. The van der Waals surface area contributed by atoms with E-state index in [1.807, 2.05) is 6.92 Å². The van der Waals surface area contributed by atoms with Crippen molar-refractivity contribution in [2.75, 3.05) is 7.11 Å². The Labute approximate surface area is 120 Å². The first-order valence-corrected chi connectivity index (χ1v) is 6.32. The number of benzene rings is 2. The van der Waals surface area contributed by atoms with E-state index in [0.29, 0.717) is 11.3 Å². The lowest BCUT2D eigenvalue weighted by Crippen LogP contribution is -2.08. The van der Waals surface area contributed by atoms with Gasteiger partial charge in [-0.25, -0.2) is 0 Å². The molecule has 1 atom stereocenters. The van der Waals surface area contributed by atoms with Gasteiger partial charge in [0, 0.05) is 5.56 Å². The molecule has 2 rings (SSSR count). The Morgan fingerprint density at radius 2 is 1.81 bits per heavy atom. The van der Waals surface area contributed by atoms with E-state index in [1.165, 1.54) is 19.2 Å². The second-order valence-corrected chi connectivity index (χ2v) is 4.77. The van der Waals surface area contributed by atoms with Crippen LogP contribution in [-0.2, 0) is 6.18 Å². The highest BCUT2D eigenvalue weighted by Crippen LogP contribution is 2.34. The van der Waals surface area contributed by atoms with Crippen LogP contribution in [0.5, 0.6) is 5.75 Å². The first kappa shape index (κ1) is 15.4. The zero-order valence-electron chi connectivity index (χ0n) is 11.6. The predicted molar refractivity (Wildman–Crippen MR) is 73.2 cm³/mol. The van der Waals surface area contributed by atoms with Crippen molar-refractivity contribution in [2.45, 2.75) is 19.2 Å². The standard InChI is InChI=1S/C16H15F3O2/c1-10-6-7-14(21-2)13(8-10)15(20)11-4-3-5-12(9-11)16(17,18)19/h3-9,15,20H,1-2H3. The first-order valence-electron chi connectivity index (χ1n) is 6.32. The summed E-state index contributed by atoms with van der Waals surface area (Å²) >= 11 is 0. The zero-order chi connectivity index (χ0) is 15.6. The smallest absolute Gasteiger partial charge is 0.416 e. The molecule has 2 nitrogen and oxygen atoms in total. The van der Waals surface area contributed by atoms with Gasteiger partial charge in [0.05, 0.1) is 12.7 Å². The summed E-state index contributed by atoms with van der Waals surface area (Å²) in [6.45, 7) is 1.84. The van der Waals surface area contributed by atoms with Crippen molar-refractivity contribution in [3.8, 4) is 5.75 Å². The second kappa shape index (κ2) is 5.77. The van der Waals surface area contributed by atoms with Gasteiger partial charge in [0.1, 0.15) is 11.9 Å². The van der Waals surface area contributed by atoms with Gasteiger partial charge < -0.3 is 9.84 Å². The number of aliphatic hydroxyl groups is 1. The number of hydrogen-bond acceptors (Lipinski definition) is 2. The number of hydrogen-bond donors (Lipinski definition) is 1. The lowest BCUT2D eigenvalue weighted by molar-refractivity contribution is -0.137. The van der Waals surface area contributed by atoms with Crippen LogP contribution >= 0.6 is 0 Å². The summed E-state index contributed by atoms with van der Waals surface area (Å²) in [5, 5.41) is 10.4. The molecule has 0 spiro atoms. The number of ether oxygens (including phenoxy) is 1. The molecule has 1 N–H and O–H groups in total. The second-order valence-electron chi connectivity index (χ2n) is 4.77. The monoisotopic (exact) mass is 296 g/mol. The van der Waals surface area contributed by atoms with Crippen LogP contribution in [0.3, 0.4) is 0 Å². The van der Waals surface area contributed by atoms with Gasteiger partial charge in [0.25, 0.3) is 0 Å². The number of methoxy groups -OCH3 is 1. The van der Waals surface area contributed by atoms with Gasteiger partial charge in [-0.05, 0) is 36.8 Å². The van der Waals surface area contributed by atoms with Gasteiger partial charge in [-0.3, -0.25) is 0 Å². The molecule has 0 aliphatic carbocycles. The lowest BCUT2D eigenvalue weighted by atomic mass is 9.97. The molecule has 2 aromatic rings. The Morgan fingerprint density at radius 1 is 1.10 bits per heavy atom. The highest BCUT2D eigenvalue weighted by molar-refractivity contribution is 5.43. The molecular formula is C16H15F3O2. The van der Waals surface area contributed by atoms with Crippen LogP contribution in [0.25, 0.3) is 0 Å². The third-order valence-electron chi connectivity index (χ3n) is 3.21. The Balaban J connectivity index is 2.45. The summed E-state index contributed by atoms with van der Waals surface area (Å²) in [7, 11) is 1.45. The van der Waals surface area contributed by atoms with E-state index in [4.69, 9.17) is 4.74 Å². The largest absolute Gasteiger partial charge is 0.496 e. The molecule has 0 bridgehead atoms. The summed E-state index contributed by atoms with van der Waals surface area (Å²) in [4.78, 5) is 0. The molecule has 0 heterocycles. The van der Waals surface area contributed by atoms with Crippen LogP contribution in [0.1, 0.15) is 28.4 Å². The third-order valence-corrected chi connectivity index (χ3v) is 3.21. The van der Waals surface area contributed by atoms with Crippen LogP contribution < -0.4 is 4.74 Å². The van der Waals surface area contributed by atoms with E-state index in [-0.39, 0.29) is 5.56 Å². The van der Waals surface area contributed by atoms with E-state index < -0.39 is 17.8 Å². The summed E-state index contributed by atoms with van der Waals surface area (Å²) in [6.07, 6.45) is -5.62. The van der Waals surface area contributed by atoms with Crippen molar-refractivity contribution < 1.29 is 23.0 Å². The van der Waals surface area contributed by atoms with Gasteiger partial charge in [-0.2, -0.15) is 13.2 Å². The van der Waals surface area contributed by atoms with Crippen molar-refractivity contribution in [3.05, 3.63) is 64.7 Å². The Morgan fingerprint density at radius 3 is 2.43 bits per heavy atom. The molecule has 0 fully saturated rings. The van der Waals surface area contributed by atoms with Gasteiger partial charge in [-0.15, -0.1) is 0 Å². The summed E-state index contributed by atoms with van der Waals surface area (Å²) in [5.74, 6) is 0.436. The average Bonchev–Trinajstić information content (AvgIpc) is 2.45. The molecule has 21 heavy (non-hydrogen) atoms. The van der Waals surface area contributed by atoms with Crippen molar-refractivity contribution in [2.24, 2.45) is 0 Å². The third kappa shape index (κ3) is 3.36. The Bertz CT molecular complexity index is 636. The predicted octanol–water partition coefficient (Wildman–Crippen LogP) is 4.10. The fourth-order valence-corrected chi connectivity index (χ4v) is 2.13. The molecule has 0 aromatic heterocycles. The summed E-state index contributed by atoms with van der Waals surface area (Å²) in [5.41, 5.74) is 0.716. The summed E-state index contributed by atoms with van der Waals surface area (Å²) < 4.78 is 43.4. The van der Waals surface area contributed by atoms with Crippen molar-refractivity contribution >= 4 is 0 Å². The first-order chi connectivity index (χ1) is 9.82. The maximum absolute atomic E-state index is 12.7. The molecule has 0 saturated heterocycles. The van der Waals surface area contributed by atoms with Crippen molar-refractivity contribution in [1.82, 2.24) is 0 Å². The van der Waals surface area contributed by atoms with E-state index >= 15 is 0 Å². The van der Waals surface area contributed by atoms with Crippen molar-refractivity contribution in [1.29, 1.82) is 0 Å². The number of alkyl halides is 3. The van der Waals surface area contributed by atoms with Crippen LogP contribution in [0.15, 0.2) is 42.5 Å². The fraction of sp³-hybridized carbons (Fsp3) is 0.250. The van der Waals surface area contributed by atoms with Gasteiger partial charge >= 0.3 is 6.18 Å². The molecule has 0 aliphatic heterocycles. The van der Waals surface area contributed by atoms with Crippen molar-refractivity contribution in [3.63, 3.8) is 0 Å². The van der Waals surface area contributed by atoms with E-state index in [9.17, 15) is 18.3 Å². The topological polar surface area (TPSA) is 29.5 Å². The van der Waals surface area contributed by atoms with Crippen LogP contribution in [0, 0.1) is 6.92 Å². The molecule has 0 radical (unpaired) electrons. The number of rotatable bonds is 3. The SMILES string of the molecule is COc1ccc(C)cc1C(O)c1cccc(C(F)(F)F)c1. The van der Waals surface area contributed by atoms with Gasteiger partial charge in [0.15, 0.2) is 0 Å². The van der Waals surface area contributed by atoms with Crippen LogP contribution in [0.2, 0.25) is 0 Å². The minimum absolute atomic E-state index is 0.175. The van der Waals surface area contributed by atoms with Crippen LogP contribution in [-0.4, -0.2) is 12.2 Å². The molecule has 0 aliphatic rings. The van der Waals surface area contributed by atoms with Gasteiger partial charge in [-0.1, -0.05) is 23.8 Å². The Hall–Kier alpha value is -2.01. The van der Waals surface area contributed by atoms with E-state index in [2.05, 4.69) is 0 Å². The summed E-state index contributed by atoms with van der Waals surface area (Å²) in [6, 6.07) is 9.86. The quantitative estimate of drug-likeness (QED) is 0.924. The fourth-order valence-electron chi connectivity index (χ4n) is 2.13. The molecule has 1 unspecified atom stereocenters. The average molecular weight is 296 g/mol. The maximum atomic E-state index is 12.7. The molecule has 0 saturated carbocycles. The number of aliphatic hydroxyl groups excluding tert-OH is 1. The Kier molecular flexibility index (Phi) is 4.23. The number of halogens is 3. The number of aryl methyl sites for hydroxylation is 1. The molecule has 5 heteroatoms. The molecule has 0 amide bonds.